The first kappa shape index (κ1) is 19.2. The summed E-state index contributed by atoms with van der Waals surface area (Å²) in [5.41, 5.74) is 0.875. The predicted octanol–water partition coefficient (Wildman–Crippen LogP) is 2.22. The van der Waals surface area contributed by atoms with Crippen LogP contribution in [0.2, 0.25) is 0 Å². The maximum atomic E-state index is 4.80. The van der Waals surface area contributed by atoms with Gasteiger partial charge in [0.1, 0.15) is 12.0 Å². The topological polar surface area (TPSA) is 65.7 Å². The van der Waals surface area contributed by atoms with Crippen molar-refractivity contribution in [2.75, 3.05) is 26.7 Å². The van der Waals surface area contributed by atoms with Gasteiger partial charge in [-0.2, -0.15) is 0 Å². The number of aromatic nitrogens is 1. The van der Waals surface area contributed by atoms with Gasteiger partial charge in [-0.05, 0) is 32.7 Å². The zero-order chi connectivity index (χ0) is 14.9. The van der Waals surface area contributed by atoms with Crippen molar-refractivity contribution in [1.29, 1.82) is 0 Å². The molecule has 126 valence electrons. The number of halogens is 1. The van der Waals surface area contributed by atoms with Crippen LogP contribution in [0.3, 0.4) is 0 Å². The minimum atomic E-state index is 0. The lowest BCUT2D eigenvalue weighted by Gasteiger charge is -2.33. The van der Waals surface area contributed by atoms with Crippen LogP contribution in [0, 0.1) is 0 Å². The molecule has 1 aromatic heterocycles. The van der Waals surface area contributed by atoms with Gasteiger partial charge in [0.05, 0.1) is 6.54 Å². The summed E-state index contributed by atoms with van der Waals surface area (Å²) >= 11 is 0. The monoisotopic (exact) mass is 421 g/mol. The van der Waals surface area contributed by atoms with Gasteiger partial charge in [-0.3, -0.25) is 4.99 Å². The number of piperidine rings is 1. The number of nitrogens with one attached hydrogen (secondary N) is 2. The molecule has 0 amide bonds. The van der Waals surface area contributed by atoms with Crippen LogP contribution in [0.1, 0.15) is 38.3 Å². The van der Waals surface area contributed by atoms with Crippen molar-refractivity contribution in [1.82, 2.24) is 20.7 Å². The summed E-state index contributed by atoms with van der Waals surface area (Å²) in [5.74, 6) is 0.810. The van der Waals surface area contributed by atoms with Gasteiger partial charge in [0.2, 0.25) is 0 Å². The van der Waals surface area contributed by atoms with Crippen LogP contribution >= 0.6 is 24.0 Å². The van der Waals surface area contributed by atoms with E-state index in [0.29, 0.717) is 6.54 Å². The minimum absolute atomic E-state index is 0. The number of nitrogens with zero attached hydrogens (tertiary/aromatic N) is 3. The Morgan fingerprint density at radius 2 is 2.32 bits per heavy atom. The number of hydrogen-bond acceptors (Lipinski definition) is 4. The minimum Gasteiger partial charge on any atom is -0.364 e. The molecule has 1 unspecified atom stereocenters. The summed E-state index contributed by atoms with van der Waals surface area (Å²) in [5, 5.41) is 10.4. The van der Waals surface area contributed by atoms with E-state index in [0.717, 1.165) is 37.2 Å². The van der Waals surface area contributed by atoms with E-state index < -0.39 is 0 Å². The zero-order valence-corrected chi connectivity index (χ0v) is 15.9. The molecule has 0 saturated carbocycles. The van der Waals surface area contributed by atoms with Gasteiger partial charge in [0.25, 0.3) is 0 Å². The van der Waals surface area contributed by atoms with Gasteiger partial charge in [0.15, 0.2) is 5.96 Å². The quantitative estimate of drug-likeness (QED) is 0.319. The van der Waals surface area contributed by atoms with E-state index in [-0.39, 0.29) is 24.0 Å². The standard InChI is InChI=1S/C15H27N5O.HI/c1-13-6-3-4-9-20(13)10-5-8-17-15(16-2)18-12-14-7-11-21-19-14;/h7,11,13H,3-6,8-10,12H2,1-2H3,(H2,16,17,18);1H. The third-order valence-corrected chi connectivity index (χ3v) is 4.01. The maximum Gasteiger partial charge on any atom is 0.191 e. The summed E-state index contributed by atoms with van der Waals surface area (Å²) in [6.45, 7) is 6.31. The molecule has 1 saturated heterocycles. The van der Waals surface area contributed by atoms with E-state index in [1.54, 1.807) is 13.3 Å². The third kappa shape index (κ3) is 6.51. The first-order valence-electron chi connectivity index (χ1n) is 7.87. The fourth-order valence-electron chi connectivity index (χ4n) is 2.70. The second-order valence-electron chi connectivity index (χ2n) is 5.58. The Bertz CT molecular complexity index is 424. The molecule has 22 heavy (non-hydrogen) atoms. The Labute approximate surface area is 150 Å². The van der Waals surface area contributed by atoms with Crippen molar-refractivity contribution in [3.63, 3.8) is 0 Å². The fourth-order valence-corrected chi connectivity index (χ4v) is 2.70. The maximum absolute atomic E-state index is 4.80. The molecule has 1 aliphatic rings. The van der Waals surface area contributed by atoms with Crippen LogP contribution in [0.25, 0.3) is 0 Å². The molecule has 1 aliphatic heterocycles. The summed E-state index contributed by atoms with van der Waals surface area (Å²) in [7, 11) is 1.78. The Morgan fingerprint density at radius 3 is 3.00 bits per heavy atom. The molecule has 0 radical (unpaired) electrons. The first-order valence-corrected chi connectivity index (χ1v) is 7.87. The van der Waals surface area contributed by atoms with Crippen molar-refractivity contribution in [2.45, 2.75) is 45.2 Å². The van der Waals surface area contributed by atoms with Crippen molar-refractivity contribution >= 4 is 29.9 Å². The van der Waals surface area contributed by atoms with Gasteiger partial charge < -0.3 is 20.1 Å². The fraction of sp³-hybridized carbons (Fsp3) is 0.733. The summed E-state index contributed by atoms with van der Waals surface area (Å²) in [4.78, 5) is 6.80. The van der Waals surface area contributed by atoms with Gasteiger partial charge in [-0.15, -0.1) is 24.0 Å². The second kappa shape index (κ2) is 10.8. The van der Waals surface area contributed by atoms with Crippen LogP contribution < -0.4 is 10.6 Å². The highest BCUT2D eigenvalue weighted by Gasteiger charge is 2.17. The van der Waals surface area contributed by atoms with E-state index in [1.165, 1.54) is 25.8 Å². The smallest absolute Gasteiger partial charge is 0.191 e. The van der Waals surface area contributed by atoms with E-state index in [2.05, 4.69) is 32.6 Å². The molecule has 6 nitrogen and oxygen atoms in total. The van der Waals surface area contributed by atoms with E-state index in [4.69, 9.17) is 4.52 Å². The molecule has 0 aromatic carbocycles. The van der Waals surface area contributed by atoms with Crippen molar-refractivity contribution in [2.24, 2.45) is 4.99 Å². The number of aliphatic imine (C=N–C) groups is 1. The number of hydrogen-bond donors (Lipinski definition) is 2. The summed E-state index contributed by atoms with van der Waals surface area (Å²) in [6.07, 6.45) is 6.78. The molecular weight excluding hydrogens is 393 g/mol. The molecule has 1 fully saturated rings. The molecule has 0 spiro atoms. The average Bonchev–Trinajstić information content (AvgIpc) is 3.01. The lowest BCUT2D eigenvalue weighted by molar-refractivity contribution is 0.159. The highest BCUT2D eigenvalue weighted by molar-refractivity contribution is 14.0. The van der Waals surface area contributed by atoms with Crippen molar-refractivity contribution in [3.05, 3.63) is 18.0 Å². The highest BCUT2D eigenvalue weighted by atomic mass is 127. The van der Waals surface area contributed by atoms with E-state index in [1.807, 2.05) is 6.07 Å². The van der Waals surface area contributed by atoms with Gasteiger partial charge >= 0.3 is 0 Å². The van der Waals surface area contributed by atoms with Crippen LogP contribution in [0.4, 0.5) is 0 Å². The van der Waals surface area contributed by atoms with Gasteiger partial charge in [-0.25, -0.2) is 0 Å². The molecule has 1 aromatic rings. The summed E-state index contributed by atoms with van der Waals surface area (Å²) < 4.78 is 4.80. The van der Waals surface area contributed by atoms with Crippen LogP contribution in [-0.4, -0.2) is 48.7 Å². The van der Waals surface area contributed by atoms with E-state index >= 15 is 0 Å². The Balaban J connectivity index is 0.00000242. The number of guanidine groups is 1. The van der Waals surface area contributed by atoms with Crippen LogP contribution in [0.15, 0.2) is 21.8 Å². The second-order valence-corrected chi connectivity index (χ2v) is 5.58. The third-order valence-electron chi connectivity index (χ3n) is 4.01. The van der Waals surface area contributed by atoms with Gasteiger partial charge in [0, 0.05) is 32.2 Å². The van der Waals surface area contributed by atoms with Crippen molar-refractivity contribution < 1.29 is 4.52 Å². The average molecular weight is 421 g/mol. The number of likely N-dealkylation sites (tertiary alicyclic amines) is 1. The molecule has 2 heterocycles. The molecule has 2 N–H and O–H groups in total. The van der Waals surface area contributed by atoms with Crippen molar-refractivity contribution in [3.8, 4) is 0 Å². The Kier molecular flexibility index (Phi) is 9.45. The van der Waals surface area contributed by atoms with Crippen LogP contribution in [-0.2, 0) is 6.54 Å². The SMILES string of the molecule is CN=C(NCCCN1CCCCC1C)NCc1ccon1.I. The van der Waals surface area contributed by atoms with E-state index in [9.17, 15) is 0 Å². The molecule has 7 heteroatoms. The Morgan fingerprint density at radius 1 is 1.45 bits per heavy atom. The van der Waals surface area contributed by atoms with Crippen LogP contribution in [0.5, 0.6) is 0 Å². The molecule has 2 rings (SSSR count). The number of rotatable bonds is 6. The van der Waals surface area contributed by atoms with Gasteiger partial charge in [-0.1, -0.05) is 11.6 Å². The normalized spacial score (nSPS) is 19.5. The lowest BCUT2D eigenvalue weighted by atomic mass is 10.0. The summed E-state index contributed by atoms with van der Waals surface area (Å²) in [6, 6.07) is 2.58. The molecule has 0 aliphatic carbocycles. The predicted molar refractivity (Wildman–Crippen MR) is 99.6 cm³/mol. The largest absolute Gasteiger partial charge is 0.364 e. The first-order chi connectivity index (χ1) is 10.3. The molecular formula is C15H28IN5O. The Hall–Kier alpha value is -0.830. The molecule has 1 atom stereocenters. The highest BCUT2D eigenvalue weighted by Crippen LogP contribution is 2.15. The lowest BCUT2D eigenvalue weighted by Crippen LogP contribution is -2.41. The molecule has 0 bridgehead atoms. The zero-order valence-electron chi connectivity index (χ0n) is 13.5.